The van der Waals surface area contributed by atoms with Crippen LogP contribution in [0.3, 0.4) is 0 Å². The van der Waals surface area contributed by atoms with Crippen LogP contribution in [-0.2, 0) is 14.3 Å². The van der Waals surface area contributed by atoms with Crippen LogP contribution in [0.4, 0.5) is 11.4 Å². The van der Waals surface area contributed by atoms with Crippen molar-refractivity contribution in [1.82, 2.24) is 0 Å². The summed E-state index contributed by atoms with van der Waals surface area (Å²) in [5.41, 5.74) is 4.13. The Bertz CT molecular complexity index is 1010. The molecule has 2 aromatic rings. The monoisotopic (exact) mass is 406 g/mol. The Morgan fingerprint density at radius 1 is 1.13 bits per heavy atom. The number of ketones is 1. The van der Waals surface area contributed by atoms with Crippen LogP contribution in [0, 0.1) is 11.8 Å². The molecule has 2 aromatic carbocycles. The summed E-state index contributed by atoms with van der Waals surface area (Å²) >= 11 is 0. The number of para-hydroxylation sites is 2. The lowest BCUT2D eigenvalue weighted by atomic mass is 9.75. The summed E-state index contributed by atoms with van der Waals surface area (Å²) in [6.45, 7) is 4.41. The van der Waals surface area contributed by atoms with Crippen LogP contribution < -0.4 is 15.4 Å². The molecule has 1 aliphatic heterocycles. The standard InChI is InChI=1S/C24H26N2O4/c1-4-30-16-9-7-8-15(13-16)22-21-19(25-17-10-5-6-11-18(17)26-22)12-14(2)20(23(21)27)24(28)29-3/h5-11,13-14,20,22,25-26H,4,12H2,1-3H3/t14-,20-,22+/m1/s1. The first-order chi connectivity index (χ1) is 14.5. The molecule has 1 heterocycles. The maximum atomic E-state index is 13.6. The van der Waals surface area contributed by atoms with Crippen molar-refractivity contribution in [2.45, 2.75) is 26.3 Å². The van der Waals surface area contributed by atoms with Gasteiger partial charge in [0, 0.05) is 11.3 Å². The van der Waals surface area contributed by atoms with Gasteiger partial charge in [0.15, 0.2) is 5.78 Å². The number of methoxy groups -OCH3 is 1. The molecule has 6 nitrogen and oxygen atoms in total. The molecule has 1 aliphatic carbocycles. The zero-order valence-electron chi connectivity index (χ0n) is 17.4. The lowest BCUT2D eigenvalue weighted by Crippen LogP contribution is -2.39. The molecule has 0 aromatic heterocycles. The predicted molar refractivity (Wildman–Crippen MR) is 115 cm³/mol. The molecule has 0 amide bonds. The highest BCUT2D eigenvalue weighted by atomic mass is 16.5. The van der Waals surface area contributed by atoms with Crippen LogP contribution in [0.25, 0.3) is 0 Å². The van der Waals surface area contributed by atoms with Crippen LogP contribution >= 0.6 is 0 Å². The Balaban J connectivity index is 1.85. The van der Waals surface area contributed by atoms with Gasteiger partial charge in [0.2, 0.25) is 0 Å². The number of benzene rings is 2. The number of carbonyl (C=O) groups excluding carboxylic acids is 2. The predicted octanol–water partition coefficient (Wildman–Crippen LogP) is 4.32. The molecule has 30 heavy (non-hydrogen) atoms. The molecule has 0 unspecified atom stereocenters. The third-order valence-electron chi connectivity index (χ3n) is 5.73. The Morgan fingerprint density at radius 3 is 2.63 bits per heavy atom. The van der Waals surface area contributed by atoms with E-state index in [2.05, 4.69) is 10.6 Å². The van der Waals surface area contributed by atoms with Gasteiger partial charge in [-0.15, -0.1) is 0 Å². The Morgan fingerprint density at radius 2 is 1.90 bits per heavy atom. The Labute approximate surface area is 176 Å². The number of carbonyl (C=O) groups is 2. The topological polar surface area (TPSA) is 76.7 Å². The second kappa shape index (κ2) is 8.22. The number of nitrogens with one attached hydrogen (secondary N) is 2. The van der Waals surface area contributed by atoms with Crippen molar-refractivity contribution in [1.29, 1.82) is 0 Å². The minimum absolute atomic E-state index is 0.156. The lowest BCUT2D eigenvalue weighted by Gasteiger charge is -2.32. The first-order valence-corrected chi connectivity index (χ1v) is 10.2. The third kappa shape index (κ3) is 3.54. The molecule has 156 valence electrons. The second-order valence-corrected chi connectivity index (χ2v) is 7.69. The van der Waals surface area contributed by atoms with Gasteiger partial charge in [-0.1, -0.05) is 31.2 Å². The van der Waals surface area contributed by atoms with Crippen molar-refractivity contribution in [3.63, 3.8) is 0 Å². The number of rotatable bonds is 4. The molecular formula is C24H26N2O4. The number of allylic oxidation sites excluding steroid dienone is 1. The number of hydrogen-bond acceptors (Lipinski definition) is 6. The molecule has 6 heteroatoms. The SMILES string of the molecule is CCOc1cccc([C@@H]2Nc3ccccc3NC3=C2C(=O)[C@H](C(=O)OC)[C@H](C)C3)c1. The highest BCUT2D eigenvalue weighted by Crippen LogP contribution is 2.44. The van der Waals surface area contributed by atoms with Gasteiger partial charge in [-0.2, -0.15) is 0 Å². The summed E-state index contributed by atoms with van der Waals surface area (Å²) in [5, 5.41) is 6.97. The van der Waals surface area contributed by atoms with Crippen molar-refractivity contribution in [2.75, 3.05) is 24.4 Å². The normalized spacial score (nSPS) is 22.8. The third-order valence-corrected chi connectivity index (χ3v) is 5.73. The Kier molecular flexibility index (Phi) is 5.48. The van der Waals surface area contributed by atoms with Crippen molar-refractivity contribution in [2.24, 2.45) is 11.8 Å². The number of fused-ring (bicyclic) bond motifs is 1. The molecule has 0 saturated carbocycles. The quantitative estimate of drug-likeness (QED) is 0.582. The first kappa shape index (κ1) is 20.0. The molecule has 0 saturated heterocycles. The van der Waals surface area contributed by atoms with E-state index in [-0.39, 0.29) is 11.7 Å². The van der Waals surface area contributed by atoms with E-state index in [1.54, 1.807) is 0 Å². The highest BCUT2D eigenvalue weighted by molar-refractivity contribution is 6.11. The van der Waals surface area contributed by atoms with Gasteiger partial charge in [-0.3, -0.25) is 9.59 Å². The van der Waals surface area contributed by atoms with Gasteiger partial charge in [0.05, 0.1) is 31.1 Å². The molecule has 0 spiro atoms. The van der Waals surface area contributed by atoms with E-state index >= 15 is 0 Å². The molecule has 0 bridgehead atoms. The van der Waals surface area contributed by atoms with Gasteiger partial charge < -0.3 is 20.1 Å². The molecule has 0 fully saturated rings. The number of Topliss-reactive ketones (excluding diaryl/α,β-unsaturated/α-hetero) is 1. The summed E-state index contributed by atoms with van der Waals surface area (Å²) in [7, 11) is 1.33. The average Bonchev–Trinajstić information content (AvgIpc) is 2.90. The van der Waals surface area contributed by atoms with E-state index in [0.717, 1.165) is 28.4 Å². The fraction of sp³-hybridized carbons (Fsp3) is 0.333. The van der Waals surface area contributed by atoms with Gasteiger partial charge in [0.25, 0.3) is 0 Å². The number of hydrogen-bond donors (Lipinski definition) is 2. The van der Waals surface area contributed by atoms with Crippen molar-refractivity contribution in [3.8, 4) is 5.75 Å². The molecule has 3 atom stereocenters. The van der Waals surface area contributed by atoms with Crippen LogP contribution in [0.2, 0.25) is 0 Å². The van der Waals surface area contributed by atoms with Gasteiger partial charge in [-0.05, 0) is 49.1 Å². The zero-order valence-corrected chi connectivity index (χ0v) is 17.4. The van der Waals surface area contributed by atoms with Crippen molar-refractivity contribution >= 4 is 23.1 Å². The van der Waals surface area contributed by atoms with Crippen LogP contribution in [0.5, 0.6) is 5.75 Å². The molecule has 2 N–H and O–H groups in total. The number of esters is 1. The van der Waals surface area contributed by atoms with Gasteiger partial charge in [-0.25, -0.2) is 0 Å². The van der Waals surface area contributed by atoms with Crippen LogP contribution in [-0.4, -0.2) is 25.5 Å². The summed E-state index contributed by atoms with van der Waals surface area (Å²) in [5.74, 6) is -0.906. The fourth-order valence-corrected chi connectivity index (χ4v) is 4.33. The average molecular weight is 406 g/mol. The summed E-state index contributed by atoms with van der Waals surface area (Å²) < 4.78 is 10.6. The van der Waals surface area contributed by atoms with E-state index in [0.29, 0.717) is 18.6 Å². The summed E-state index contributed by atoms with van der Waals surface area (Å²) in [6, 6.07) is 15.2. The van der Waals surface area contributed by atoms with E-state index in [4.69, 9.17) is 9.47 Å². The smallest absolute Gasteiger partial charge is 0.316 e. The second-order valence-electron chi connectivity index (χ2n) is 7.69. The maximum Gasteiger partial charge on any atom is 0.316 e. The summed E-state index contributed by atoms with van der Waals surface area (Å²) in [4.78, 5) is 26.0. The van der Waals surface area contributed by atoms with Crippen LogP contribution in [0.1, 0.15) is 31.9 Å². The van der Waals surface area contributed by atoms with Gasteiger partial charge >= 0.3 is 5.97 Å². The number of anilines is 2. The first-order valence-electron chi connectivity index (χ1n) is 10.2. The van der Waals surface area contributed by atoms with E-state index in [9.17, 15) is 9.59 Å². The largest absolute Gasteiger partial charge is 0.494 e. The zero-order chi connectivity index (χ0) is 21.3. The molecule has 2 aliphatic rings. The van der Waals surface area contributed by atoms with E-state index < -0.39 is 17.9 Å². The van der Waals surface area contributed by atoms with Crippen LogP contribution in [0.15, 0.2) is 59.8 Å². The maximum absolute atomic E-state index is 13.6. The molecular weight excluding hydrogens is 380 g/mol. The van der Waals surface area contributed by atoms with E-state index in [1.807, 2.05) is 62.4 Å². The minimum atomic E-state index is -0.809. The van der Waals surface area contributed by atoms with Crippen molar-refractivity contribution < 1.29 is 19.1 Å². The highest BCUT2D eigenvalue weighted by Gasteiger charge is 2.44. The van der Waals surface area contributed by atoms with Gasteiger partial charge in [0.1, 0.15) is 11.7 Å². The molecule has 0 radical (unpaired) electrons. The summed E-state index contributed by atoms with van der Waals surface area (Å²) in [6.07, 6.45) is 0.582. The van der Waals surface area contributed by atoms with Crippen molar-refractivity contribution in [3.05, 3.63) is 65.4 Å². The molecule has 4 rings (SSSR count). The Hall–Kier alpha value is -3.28. The van der Waals surface area contributed by atoms with E-state index in [1.165, 1.54) is 7.11 Å². The number of ether oxygens (including phenoxy) is 2. The lowest BCUT2D eigenvalue weighted by molar-refractivity contribution is -0.151. The fourth-order valence-electron chi connectivity index (χ4n) is 4.33. The minimum Gasteiger partial charge on any atom is -0.494 e.